The lowest BCUT2D eigenvalue weighted by molar-refractivity contribution is -0.132. The molecular formula is C29H29N3O3. The van der Waals surface area contributed by atoms with Crippen LogP contribution in [0.2, 0.25) is 0 Å². The van der Waals surface area contributed by atoms with Crippen molar-refractivity contribution >= 4 is 17.6 Å². The molecule has 35 heavy (non-hydrogen) atoms. The van der Waals surface area contributed by atoms with E-state index in [-0.39, 0.29) is 11.8 Å². The van der Waals surface area contributed by atoms with Crippen molar-refractivity contribution in [3.8, 4) is 34.0 Å². The molecule has 0 radical (unpaired) electrons. The lowest BCUT2D eigenvalue weighted by atomic mass is 10.00. The number of nitrogens with one attached hydrogen (secondary N) is 1. The van der Waals surface area contributed by atoms with Crippen molar-refractivity contribution in [3.63, 3.8) is 0 Å². The average molecular weight is 468 g/mol. The Morgan fingerprint density at radius 1 is 0.886 bits per heavy atom. The van der Waals surface area contributed by atoms with E-state index in [1.165, 1.54) is 6.92 Å². The number of anilines is 1. The van der Waals surface area contributed by atoms with Gasteiger partial charge < -0.3 is 10.1 Å². The molecule has 0 unspecified atom stereocenters. The number of esters is 1. The molecule has 6 nitrogen and oxygen atoms in total. The maximum Gasteiger partial charge on any atom is 0.309 e. The standard InChI is InChI=1S/C29H29N3O3/c1-18(2)28(34)30-24-13-11-22(12-14-24)26-27(23-8-6-7-20(4)17-23)31-32(29(26)35-21(5)33)25-15-9-19(3)10-16-25/h6-18H,1-5H3,(H,30,34). The Kier molecular flexibility index (Phi) is 6.82. The number of aryl methyl sites for hydroxylation is 2. The summed E-state index contributed by atoms with van der Waals surface area (Å²) in [7, 11) is 0. The van der Waals surface area contributed by atoms with Crippen molar-refractivity contribution in [2.24, 2.45) is 5.92 Å². The molecule has 1 amide bonds. The smallest absolute Gasteiger partial charge is 0.309 e. The van der Waals surface area contributed by atoms with Gasteiger partial charge in [-0.25, -0.2) is 0 Å². The maximum atomic E-state index is 12.2. The van der Waals surface area contributed by atoms with Gasteiger partial charge in [0, 0.05) is 24.1 Å². The number of carbonyl (C=O) groups excluding carboxylic acids is 2. The van der Waals surface area contributed by atoms with E-state index in [0.717, 1.165) is 27.9 Å². The van der Waals surface area contributed by atoms with Crippen LogP contribution in [0.25, 0.3) is 28.1 Å². The first-order valence-electron chi connectivity index (χ1n) is 11.6. The van der Waals surface area contributed by atoms with Crippen LogP contribution in [0.4, 0.5) is 5.69 Å². The number of nitrogens with zero attached hydrogens (tertiary/aromatic N) is 2. The van der Waals surface area contributed by atoms with Gasteiger partial charge in [-0.2, -0.15) is 9.78 Å². The minimum Gasteiger partial charge on any atom is -0.407 e. The van der Waals surface area contributed by atoms with E-state index >= 15 is 0 Å². The number of benzene rings is 3. The van der Waals surface area contributed by atoms with E-state index in [2.05, 4.69) is 11.4 Å². The van der Waals surface area contributed by atoms with E-state index in [4.69, 9.17) is 9.84 Å². The summed E-state index contributed by atoms with van der Waals surface area (Å²) in [5.74, 6) is -0.259. The molecule has 0 atom stereocenters. The Morgan fingerprint density at radius 3 is 2.17 bits per heavy atom. The van der Waals surface area contributed by atoms with Crippen LogP contribution >= 0.6 is 0 Å². The van der Waals surface area contributed by atoms with Crippen molar-refractivity contribution in [2.75, 3.05) is 5.32 Å². The third kappa shape index (κ3) is 5.32. The summed E-state index contributed by atoms with van der Waals surface area (Å²) in [5.41, 5.74) is 6.83. The van der Waals surface area contributed by atoms with Crippen LogP contribution in [-0.4, -0.2) is 21.7 Å². The van der Waals surface area contributed by atoms with Gasteiger partial charge in [0.2, 0.25) is 11.8 Å². The number of aromatic nitrogens is 2. The summed E-state index contributed by atoms with van der Waals surface area (Å²) in [6.07, 6.45) is 0. The van der Waals surface area contributed by atoms with Gasteiger partial charge in [-0.05, 0) is 49.7 Å². The maximum absolute atomic E-state index is 12.2. The number of ether oxygens (including phenoxy) is 1. The lowest BCUT2D eigenvalue weighted by Gasteiger charge is -2.11. The molecule has 0 saturated heterocycles. The normalized spacial score (nSPS) is 10.9. The minimum absolute atomic E-state index is 0.0500. The van der Waals surface area contributed by atoms with Gasteiger partial charge in [0.05, 0.1) is 11.3 Å². The van der Waals surface area contributed by atoms with Gasteiger partial charge in [-0.15, -0.1) is 0 Å². The fraction of sp³-hybridized carbons (Fsp3) is 0.207. The summed E-state index contributed by atoms with van der Waals surface area (Å²) in [6, 6.07) is 23.4. The summed E-state index contributed by atoms with van der Waals surface area (Å²) >= 11 is 0. The first-order chi connectivity index (χ1) is 16.7. The molecule has 0 spiro atoms. The van der Waals surface area contributed by atoms with Crippen LogP contribution in [0.3, 0.4) is 0 Å². The highest BCUT2D eigenvalue weighted by Crippen LogP contribution is 2.41. The molecule has 1 N–H and O–H groups in total. The molecule has 4 rings (SSSR count). The Bertz CT molecular complexity index is 1370. The fourth-order valence-corrected chi connectivity index (χ4v) is 3.76. The molecule has 0 aliphatic rings. The van der Waals surface area contributed by atoms with Crippen molar-refractivity contribution in [1.29, 1.82) is 0 Å². The first kappa shape index (κ1) is 24.0. The highest BCUT2D eigenvalue weighted by atomic mass is 16.5. The zero-order valence-corrected chi connectivity index (χ0v) is 20.6. The van der Waals surface area contributed by atoms with Gasteiger partial charge in [0.15, 0.2) is 0 Å². The van der Waals surface area contributed by atoms with E-state index in [1.807, 2.05) is 94.4 Å². The molecule has 0 bridgehead atoms. The molecule has 4 aromatic rings. The number of amides is 1. The van der Waals surface area contributed by atoms with Gasteiger partial charge >= 0.3 is 5.97 Å². The SMILES string of the molecule is CC(=O)Oc1c(-c2ccc(NC(=O)C(C)C)cc2)c(-c2cccc(C)c2)nn1-c1ccc(C)cc1. The fourth-order valence-electron chi connectivity index (χ4n) is 3.76. The molecular weight excluding hydrogens is 438 g/mol. The molecule has 1 aromatic heterocycles. The van der Waals surface area contributed by atoms with Crippen LogP contribution in [-0.2, 0) is 9.59 Å². The second-order valence-electron chi connectivity index (χ2n) is 8.96. The van der Waals surface area contributed by atoms with Crippen molar-refractivity contribution in [1.82, 2.24) is 9.78 Å². The van der Waals surface area contributed by atoms with Crippen molar-refractivity contribution in [3.05, 3.63) is 83.9 Å². The zero-order chi connectivity index (χ0) is 25.1. The lowest BCUT2D eigenvalue weighted by Crippen LogP contribution is -2.17. The van der Waals surface area contributed by atoms with Gasteiger partial charge in [0.1, 0.15) is 5.69 Å². The largest absolute Gasteiger partial charge is 0.407 e. The number of hydrogen-bond acceptors (Lipinski definition) is 4. The number of hydrogen-bond donors (Lipinski definition) is 1. The summed E-state index contributed by atoms with van der Waals surface area (Å²) in [5, 5.41) is 7.83. The number of rotatable bonds is 6. The minimum atomic E-state index is -0.434. The second-order valence-corrected chi connectivity index (χ2v) is 8.96. The zero-order valence-electron chi connectivity index (χ0n) is 20.6. The molecule has 3 aromatic carbocycles. The molecule has 0 aliphatic heterocycles. The third-order valence-electron chi connectivity index (χ3n) is 5.62. The average Bonchev–Trinajstić information content (AvgIpc) is 3.18. The highest BCUT2D eigenvalue weighted by molar-refractivity contribution is 5.93. The summed E-state index contributed by atoms with van der Waals surface area (Å²) in [6.45, 7) is 9.13. The summed E-state index contributed by atoms with van der Waals surface area (Å²) < 4.78 is 7.43. The molecule has 178 valence electrons. The van der Waals surface area contributed by atoms with Crippen molar-refractivity contribution in [2.45, 2.75) is 34.6 Å². The van der Waals surface area contributed by atoms with E-state index < -0.39 is 5.97 Å². The molecule has 1 heterocycles. The highest BCUT2D eigenvalue weighted by Gasteiger charge is 2.24. The predicted octanol–water partition coefficient (Wildman–Crippen LogP) is 6.34. The van der Waals surface area contributed by atoms with E-state index in [9.17, 15) is 9.59 Å². The first-order valence-corrected chi connectivity index (χ1v) is 11.6. The van der Waals surface area contributed by atoms with Crippen LogP contribution in [0.1, 0.15) is 31.9 Å². The van der Waals surface area contributed by atoms with Crippen LogP contribution in [0.15, 0.2) is 72.8 Å². The van der Waals surface area contributed by atoms with E-state index in [1.54, 1.807) is 4.68 Å². The molecule has 0 aliphatic carbocycles. The second kappa shape index (κ2) is 9.97. The Hall–Kier alpha value is -4.19. The monoisotopic (exact) mass is 467 g/mol. The van der Waals surface area contributed by atoms with E-state index in [0.29, 0.717) is 22.8 Å². The Morgan fingerprint density at radius 2 is 1.57 bits per heavy atom. The summed E-state index contributed by atoms with van der Waals surface area (Å²) in [4.78, 5) is 24.3. The molecule has 6 heteroatoms. The van der Waals surface area contributed by atoms with Gasteiger partial charge in [-0.1, -0.05) is 67.4 Å². The molecule has 0 fully saturated rings. The van der Waals surface area contributed by atoms with Gasteiger partial charge in [0.25, 0.3) is 0 Å². The van der Waals surface area contributed by atoms with Gasteiger partial charge in [-0.3, -0.25) is 9.59 Å². The quantitative estimate of drug-likeness (QED) is 0.336. The topological polar surface area (TPSA) is 73.2 Å². The third-order valence-corrected chi connectivity index (χ3v) is 5.62. The molecule has 0 saturated carbocycles. The predicted molar refractivity (Wildman–Crippen MR) is 139 cm³/mol. The van der Waals surface area contributed by atoms with Crippen LogP contribution in [0, 0.1) is 19.8 Å². The number of carbonyl (C=O) groups is 2. The Balaban J connectivity index is 1.92. The Labute approximate surface area is 205 Å². The van der Waals surface area contributed by atoms with Crippen LogP contribution in [0.5, 0.6) is 5.88 Å². The van der Waals surface area contributed by atoms with Crippen molar-refractivity contribution < 1.29 is 14.3 Å². The van der Waals surface area contributed by atoms with Crippen LogP contribution < -0.4 is 10.1 Å².